The third-order valence-corrected chi connectivity index (χ3v) is 2.70. The van der Waals surface area contributed by atoms with Crippen molar-refractivity contribution in [2.24, 2.45) is 10.9 Å². The minimum atomic E-state index is 0.0954. The molecule has 0 aromatic rings. The second-order valence-electron chi connectivity index (χ2n) is 4.19. The molecule has 1 aliphatic carbocycles. The Bertz CT molecular complexity index is 301. The third-order valence-electron chi connectivity index (χ3n) is 2.70. The summed E-state index contributed by atoms with van der Waals surface area (Å²) in [6.45, 7) is 2.75. The summed E-state index contributed by atoms with van der Waals surface area (Å²) in [4.78, 5) is 4.42. The van der Waals surface area contributed by atoms with Gasteiger partial charge in [-0.1, -0.05) is 12.2 Å². The van der Waals surface area contributed by atoms with Crippen molar-refractivity contribution >= 4 is 5.71 Å². The van der Waals surface area contributed by atoms with Crippen molar-refractivity contribution in [3.05, 3.63) is 23.8 Å². The number of hydrogen-bond acceptors (Lipinski definition) is 3. The summed E-state index contributed by atoms with van der Waals surface area (Å²) in [5.74, 6) is 0.899. The molecule has 1 saturated carbocycles. The van der Waals surface area contributed by atoms with E-state index in [9.17, 15) is 0 Å². The van der Waals surface area contributed by atoms with E-state index in [1.807, 2.05) is 18.2 Å². The van der Waals surface area contributed by atoms with Crippen molar-refractivity contribution in [3.63, 3.8) is 0 Å². The van der Waals surface area contributed by atoms with E-state index in [0.29, 0.717) is 0 Å². The molecule has 2 aliphatic rings. The van der Waals surface area contributed by atoms with Gasteiger partial charge in [-0.05, 0) is 37.0 Å². The number of aliphatic hydroxyl groups is 1. The number of nitrogens with one attached hydrogen (secondary N) is 1. The number of rotatable bonds is 5. The molecule has 0 unspecified atom stereocenters. The van der Waals surface area contributed by atoms with Gasteiger partial charge in [0.25, 0.3) is 0 Å². The lowest BCUT2D eigenvalue weighted by Gasteiger charge is -2.04. The van der Waals surface area contributed by atoms with Crippen molar-refractivity contribution in [1.82, 2.24) is 5.32 Å². The van der Waals surface area contributed by atoms with Crippen LogP contribution in [0.15, 0.2) is 28.8 Å². The predicted molar refractivity (Wildman–Crippen MR) is 62.2 cm³/mol. The van der Waals surface area contributed by atoms with Crippen LogP contribution >= 0.6 is 0 Å². The summed E-state index contributed by atoms with van der Waals surface area (Å²) in [7, 11) is 0. The maximum Gasteiger partial charge on any atom is 0.0682 e. The fourth-order valence-corrected chi connectivity index (χ4v) is 1.61. The average Bonchev–Trinajstić information content (AvgIpc) is 3.04. The first-order chi connectivity index (χ1) is 7.38. The number of aliphatic imine (C=N–C) groups is 1. The molecule has 1 aliphatic heterocycles. The molecule has 1 fully saturated rings. The molecule has 0 amide bonds. The molecule has 0 bridgehead atoms. The monoisotopic (exact) mass is 206 g/mol. The van der Waals surface area contributed by atoms with Crippen molar-refractivity contribution in [2.75, 3.05) is 26.2 Å². The van der Waals surface area contributed by atoms with Gasteiger partial charge in [-0.2, -0.15) is 0 Å². The summed E-state index contributed by atoms with van der Waals surface area (Å²) in [5.41, 5.74) is 1.99. The van der Waals surface area contributed by atoms with Crippen LogP contribution in [0.25, 0.3) is 0 Å². The van der Waals surface area contributed by atoms with Crippen LogP contribution in [0.3, 0.4) is 0 Å². The van der Waals surface area contributed by atoms with Crippen LogP contribution < -0.4 is 5.32 Å². The molecule has 0 atom stereocenters. The highest BCUT2D eigenvalue weighted by molar-refractivity contribution is 5.97. The second-order valence-corrected chi connectivity index (χ2v) is 4.19. The standard InChI is InChI=1S/C12H18N2O/c15-9-11-2-1-5-14-12(6-11)8-13-7-10-3-4-10/h1-2,6,10,13,15H,3-5,7-9H2. The Balaban J connectivity index is 1.81. The molecule has 0 aromatic carbocycles. The topological polar surface area (TPSA) is 44.6 Å². The maximum absolute atomic E-state index is 9.06. The Hall–Kier alpha value is -0.930. The smallest absolute Gasteiger partial charge is 0.0682 e. The highest BCUT2D eigenvalue weighted by Gasteiger charge is 2.20. The average molecular weight is 206 g/mol. The van der Waals surface area contributed by atoms with Gasteiger partial charge in [-0.3, -0.25) is 4.99 Å². The lowest BCUT2D eigenvalue weighted by molar-refractivity contribution is 0.335. The zero-order valence-corrected chi connectivity index (χ0v) is 8.95. The highest BCUT2D eigenvalue weighted by atomic mass is 16.3. The van der Waals surface area contributed by atoms with Gasteiger partial charge in [-0.25, -0.2) is 0 Å². The fourth-order valence-electron chi connectivity index (χ4n) is 1.61. The molecule has 3 heteroatoms. The van der Waals surface area contributed by atoms with E-state index in [2.05, 4.69) is 10.3 Å². The van der Waals surface area contributed by atoms with Crippen LogP contribution in [0.5, 0.6) is 0 Å². The van der Waals surface area contributed by atoms with Gasteiger partial charge >= 0.3 is 0 Å². The van der Waals surface area contributed by atoms with E-state index in [1.165, 1.54) is 12.8 Å². The molecule has 0 spiro atoms. The minimum absolute atomic E-state index is 0.0954. The summed E-state index contributed by atoms with van der Waals surface area (Å²) >= 11 is 0. The summed E-state index contributed by atoms with van der Waals surface area (Å²) in [6, 6.07) is 0. The lowest BCUT2D eigenvalue weighted by atomic mass is 10.2. The van der Waals surface area contributed by atoms with Crippen LogP contribution in [-0.4, -0.2) is 37.1 Å². The molecule has 15 heavy (non-hydrogen) atoms. The Morgan fingerprint density at radius 1 is 1.47 bits per heavy atom. The van der Waals surface area contributed by atoms with E-state index in [-0.39, 0.29) is 6.61 Å². The van der Waals surface area contributed by atoms with Gasteiger partial charge < -0.3 is 10.4 Å². The fraction of sp³-hybridized carbons (Fsp3) is 0.583. The van der Waals surface area contributed by atoms with Gasteiger partial charge in [0, 0.05) is 12.3 Å². The van der Waals surface area contributed by atoms with Crippen LogP contribution in [0.1, 0.15) is 12.8 Å². The number of aliphatic hydroxyl groups excluding tert-OH is 1. The first kappa shape index (κ1) is 10.6. The van der Waals surface area contributed by atoms with Crippen molar-refractivity contribution in [2.45, 2.75) is 12.8 Å². The van der Waals surface area contributed by atoms with Crippen LogP contribution in [-0.2, 0) is 0 Å². The zero-order chi connectivity index (χ0) is 10.5. The molecule has 2 rings (SSSR count). The molecule has 82 valence electrons. The SMILES string of the molecule is OCC1=CC(CNCC2CC2)=NCC=C1. The van der Waals surface area contributed by atoms with E-state index in [1.54, 1.807) is 0 Å². The van der Waals surface area contributed by atoms with E-state index >= 15 is 0 Å². The molecular weight excluding hydrogens is 188 g/mol. The predicted octanol–water partition coefficient (Wildman–Crippen LogP) is 0.915. The molecule has 0 saturated heterocycles. The Labute approximate surface area is 90.6 Å². The highest BCUT2D eigenvalue weighted by Crippen LogP contribution is 2.27. The zero-order valence-electron chi connectivity index (χ0n) is 8.95. The summed E-state index contributed by atoms with van der Waals surface area (Å²) in [6.07, 6.45) is 8.65. The van der Waals surface area contributed by atoms with E-state index in [4.69, 9.17) is 5.11 Å². The van der Waals surface area contributed by atoms with Crippen LogP contribution in [0, 0.1) is 5.92 Å². The number of hydrogen-bond donors (Lipinski definition) is 2. The Morgan fingerprint density at radius 3 is 3.07 bits per heavy atom. The Morgan fingerprint density at radius 2 is 2.33 bits per heavy atom. The van der Waals surface area contributed by atoms with Gasteiger partial charge in [0.2, 0.25) is 0 Å². The summed E-state index contributed by atoms with van der Waals surface area (Å²) < 4.78 is 0. The quantitative estimate of drug-likeness (QED) is 0.702. The van der Waals surface area contributed by atoms with Crippen LogP contribution in [0.2, 0.25) is 0 Å². The maximum atomic E-state index is 9.06. The molecule has 1 heterocycles. The van der Waals surface area contributed by atoms with Crippen molar-refractivity contribution < 1.29 is 5.11 Å². The van der Waals surface area contributed by atoms with Crippen molar-refractivity contribution in [3.8, 4) is 0 Å². The second kappa shape index (κ2) is 5.24. The first-order valence-electron chi connectivity index (χ1n) is 5.60. The third kappa shape index (κ3) is 3.61. The van der Waals surface area contributed by atoms with Gasteiger partial charge in [0.15, 0.2) is 0 Å². The van der Waals surface area contributed by atoms with Gasteiger partial charge in [0.1, 0.15) is 0 Å². The molecule has 0 aromatic heterocycles. The van der Waals surface area contributed by atoms with Crippen LogP contribution in [0.4, 0.5) is 0 Å². The molecular formula is C12H18N2O. The van der Waals surface area contributed by atoms with Crippen molar-refractivity contribution in [1.29, 1.82) is 0 Å². The van der Waals surface area contributed by atoms with E-state index in [0.717, 1.165) is 36.8 Å². The largest absolute Gasteiger partial charge is 0.392 e. The first-order valence-corrected chi connectivity index (χ1v) is 5.60. The van der Waals surface area contributed by atoms with E-state index < -0.39 is 0 Å². The summed E-state index contributed by atoms with van der Waals surface area (Å²) in [5, 5.41) is 12.5. The van der Waals surface area contributed by atoms with Gasteiger partial charge in [-0.15, -0.1) is 0 Å². The molecule has 0 radical (unpaired) electrons. The molecule has 2 N–H and O–H groups in total. The Kier molecular flexibility index (Phi) is 3.69. The lowest BCUT2D eigenvalue weighted by Crippen LogP contribution is -2.24. The van der Waals surface area contributed by atoms with Gasteiger partial charge in [0.05, 0.1) is 13.2 Å². The number of nitrogens with zero attached hydrogens (tertiary/aromatic N) is 1. The minimum Gasteiger partial charge on any atom is -0.392 e. The molecule has 3 nitrogen and oxygen atoms in total. The normalized spacial score (nSPS) is 20.9.